The van der Waals surface area contributed by atoms with Crippen LogP contribution < -0.4 is 10.2 Å². The highest BCUT2D eigenvalue weighted by molar-refractivity contribution is 6.01. The normalized spacial score (nSPS) is 30.4. The van der Waals surface area contributed by atoms with E-state index in [4.69, 9.17) is 4.74 Å². The molecule has 2 saturated carbocycles. The Balaban J connectivity index is 1.12. The second kappa shape index (κ2) is 9.43. The fraction of sp³-hybridized carbons (Fsp3) is 0.667. The summed E-state index contributed by atoms with van der Waals surface area (Å²) in [7, 11) is 0. The molecule has 9 nitrogen and oxygen atoms in total. The van der Waals surface area contributed by atoms with Crippen LogP contribution in [0.2, 0.25) is 0 Å². The van der Waals surface area contributed by atoms with E-state index >= 15 is 0 Å². The van der Waals surface area contributed by atoms with Crippen molar-refractivity contribution < 1.29 is 24.2 Å². The predicted molar refractivity (Wildman–Crippen MR) is 133 cm³/mol. The Morgan fingerprint density at radius 3 is 2.33 bits per heavy atom. The van der Waals surface area contributed by atoms with Crippen LogP contribution in [-0.4, -0.2) is 102 Å². The lowest BCUT2D eigenvalue weighted by Crippen LogP contribution is -2.60. The first-order valence-electron chi connectivity index (χ1n) is 13.5. The second-order valence-electron chi connectivity index (χ2n) is 11.1. The van der Waals surface area contributed by atoms with E-state index in [2.05, 4.69) is 15.1 Å². The van der Waals surface area contributed by atoms with Gasteiger partial charge in [-0.15, -0.1) is 0 Å². The number of carbonyl (C=O) groups is 3. The number of hydrogen-bond donors (Lipinski definition) is 2. The van der Waals surface area contributed by atoms with Gasteiger partial charge in [0.05, 0.1) is 6.54 Å². The SMILES string of the molecule is O=C(NC1(C(=O)N2C[C@@H](O)[C@H]3OCC(=O)[C@H]32)CCCC1)c1ccc(N2CCN(C3CCC3)CC2)cc1. The first-order chi connectivity index (χ1) is 17.4. The van der Waals surface area contributed by atoms with E-state index in [9.17, 15) is 19.5 Å². The number of piperazine rings is 1. The monoisotopic (exact) mass is 496 g/mol. The summed E-state index contributed by atoms with van der Waals surface area (Å²) >= 11 is 0. The number of anilines is 1. The predicted octanol–water partition coefficient (Wildman–Crippen LogP) is 0.943. The molecule has 1 aromatic rings. The van der Waals surface area contributed by atoms with Gasteiger partial charge in [0.2, 0.25) is 5.91 Å². The summed E-state index contributed by atoms with van der Waals surface area (Å²) in [5.41, 5.74) is 0.583. The number of ether oxygens (including phenoxy) is 1. The first-order valence-corrected chi connectivity index (χ1v) is 13.5. The quantitative estimate of drug-likeness (QED) is 0.626. The standard InChI is InChI=1S/C27H36N4O5/c32-21-16-31(23-22(33)17-36-24(21)23)26(35)27(10-1-2-11-27)28-25(34)18-6-8-20(9-7-18)30-14-12-29(13-15-30)19-4-3-5-19/h6-9,19,21,23-24,32H,1-5,10-17H2,(H,28,34)/t21-,23-,24-/m1/s1. The molecule has 0 bridgehead atoms. The Labute approximate surface area is 211 Å². The topological polar surface area (TPSA) is 102 Å². The summed E-state index contributed by atoms with van der Waals surface area (Å²) in [4.78, 5) is 45.8. The molecule has 5 fully saturated rings. The minimum Gasteiger partial charge on any atom is -0.388 e. The van der Waals surface area contributed by atoms with Crippen molar-refractivity contribution >= 4 is 23.3 Å². The lowest BCUT2D eigenvalue weighted by Gasteiger charge is -2.43. The number of aliphatic hydroxyl groups is 1. The Kier molecular flexibility index (Phi) is 6.25. The van der Waals surface area contributed by atoms with Crippen LogP contribution >= 0.6 is 0 Å². The van der Waals surface area contributed by atoms with Gasteiger partial charge in [-0.3, -0.25) is 19.3 Å². The maximum atomic E-state index is 13.7. The minimum absolute atomic E-state index is 0.0558. The molecule has 3 saturated heterocycles. The summed E-state index contributed by atoms with van der Waals surface area (Å²) in [5, 5.41) is 13.4. The van der Waals surface area contributed by atoms with Crippen LogP contribution in [0.3, 0.4) is 0 Å². The molecule has 0 aromatic heterocycles. The average molecular weight is 497 g/mol. The number of hydrogen-bond acceptors (Lipinski definition) is 7. The number of amides is 2. The Morgan fingerprint density at radius 1 is 1.00 bits per heavy atom. The van der Waals surface area contributed by atoms with Gasteiger partial charge in [-0.25, -0.2) is 0 Å². The Bertz CT molecular complexity index is 1010. The van der Waals surface area contributed by atoms with Gasteiger partial charge in [-0.1, -0.05) is 19.3 Å². The van der Waals surface area contributed by atoms with Crippen LogP contribution in [0.25, 0.3) is 0 Å². The molecule has 2 N–H and O–H groups in total. The molecule has 5 aliphatic rings. The summed E-state index contributed by atoms with van der Waals surface area (Å²) in [6.07, 6.45) is 5.17. The van der Waals surface area contributed by atoms with Crippen molar-refractivity contribution in [1.29, 1.82) is 0 Å². The fourth-order valence-corrected chi connectivity index (χ4v) is 6.69. The molecule has 36 heavy (non-hydrogen) atoms. The molecule has 3 heterocycles. The van der Waals surface area contributed by atoms with Crippen LogP contribution in [0.5, 0.6) is 0 Å². The zero-order chi connectivity index (χ0) is 24.9. The molecule has 0 unspecified atom stereocenters. The largest absolute Gasteiger partial charge is 0.388 e. The van der Waals surface area contributed by atoms with E-state index in [1.165, 1.54) is 24.2 Å². The number of β-amino-alcohol motifs (C(OH)–C–C–N with tert-alkyl or cyclic N) is 1. The van der Waals surface area contributed by atoms with E-state index in [1.54, 1.807) is 0 Å². The molecule has 9 heteroatoms. The van der Waals surface area contributed by atoms with Crippen LogP contribution in [-0.2, 0) is 14.3 Å². The average Bonchev–Trinajstić information content (AvgIpc) is 3.57. The van der Waals surface area contributed by atoms with Gasteiger partial charge >= 0.3 is 0 Å². The third-order valence-electron chi connectivity index (χ3n) is 9.04. The lowest BCUT2D eigenvalue weighted by atomic mass is 9.91. The smallest absolute Gasteiger partial charge is 0.252 e. The van der Waals surface area contributed by atoms with Gasteiger partial charge in [0, 0.05) is 43.5 Å². The van der Waals surface area contributed by atoms with Crippen molar-refractivity contribution in [3.63, 3.8) is 0 Å². The highest BCUT2D eigenvalue weighted by Gasteiger charge is 2.56. The number of nitrogens with one attached hydrogen (secondary N) is 1. The van der Waals surface area contributed by atoms with Crippen molar-refractivity contribution in [2.45, 2.75) is 74.8 Å². The van der Waals surface area contributed by atoms with E-state index in [0.29, 0.717) is 18.4 Å². The maximum absolute atomic E-state index is 13.7. The van der Waals surface area contributed by atoms with E-state index < -0.39 is 23.8 Å². The Hall–Kier alpha value is -2.49. The lowest BCUT2D eigenvalue weighted by molar-refractivity contribution is -0.142. The molecule has 0 radical (unpaired) electrons. The third kappa shape index (κ3) is 4.11. The molecule has 3 atom stereocenters. The fourth-order valence-electron chi connectivity index (χ4n) is 6.69. The van der Waals surface area contributed by atoms with Gasteiger partial charge in [-0.2, -0.15) is 0 Å². The van der Waals surface area contributed by atoms with Crippen LogP contribution in [0.1, 0.15) is 55.3 Å². The van der Waals surface area contributed by atoms with E-state index in [0.717, 1.165) is 50.7 Å². The molecule has 0 spiro atoms. The number of aliphatic hydroxyl groups excluding tert-OH is 1. The molecule has 2 aliphatic carbocycles. The van der Waals surface area contributed by atoms with Crippen LogP contribution in [0, 0.1) is 0 Å². The maximum Gasteiger partial charge on any atom is 0.252 e. The van der Waals surface area contributed by atoms with Crippen LogP contribution in [0.4, 0.5) is 5.69 Å². The molecule has 1 aromatic carbocycles. The number of fused-ring (bicyclic) bond motifs is 1. The van der Waals surface area contributed by atoms with Gasteiger partial charge < -0.3 is 25.0 Å². The number of rotatable bonds is 5. The third-order valence-corrected chi connectivity index (χ3v) is 9.04. The first kappa shape index (κ1) is 23.9. The highest BCUT2D eigenvalue weighted by Crippen LogP contribution is 2.36. The number of Topliss-reactive ketones (excluding diaryl/α,β-unsaturated/α-hetero) is 1. The molecule has 6 rings (SSSR count). The van der Waals surface area contributed by atoms with E-state index in [-0.39, 0.29) is 30.7 Å². The molecular weight excluding hydrogens is 460 g/mol. The van der Waals surface area contributed by atoms with Gasteiger partial charge in [-0.05, 0) is 49.9 Å². The van der Waals surface area contributed by atoms with E-state index in [1.807, 2.05) is 24.3 Å². The zero-order valence-corrected chi connectivity index (χ0v) is 20.7. The number of likely N-dealkylation sites (tertiary alicyclic amines) is 1. The number of carbonyl (C=O) groups excluding carboxylic acids is 3. The summed E-state index contributed by atoms with van der Waals surface area (Å²) < 4.78 is 5.43. The van der Waals surface area contributed by atoms with Crippen molar-refractivity contribution in [2.75, 3.05) is 44.2 Å². The zero-order valence-electron chi connectivity index (χ0n) is 20.7. The number of ketones is 1. The minimum atomic E-state index is -1.05. The molecule has 194 valence electrons. The highest BCUT2D eigenvalue weighted by atomic mass is 16.5. The summed E-state index contributed by atoms with van der Waals surface area (Å²) in [5.74, 6) is -0.745. The summed E-state index contributed by atoms with van der Waals surface area (Å²) in [6.45, 7) is 4.12. The van der Waals surface area contributed by atoms with Crippen molar-refractivity contribution in [2.24, 2.45) is 0 Å². The summed E-state index contributed by atoms with van der Waals surface area (Å²) in [6, 6.07) is 7.67. The Morgan fingerprint density at radius 2 is 1.69 bits per heavy atom. The number of benzene rings is 1. The van der Waals surface area contributed by atoms with Crippen molar-refractivity contribution in [1.82, 2.24) is 15.1 Å². The second-order valence-corrected chi connectivity index (χ2v) is 11.1. The van der Waals surface area contributed by atoms with Gasteiger partial charge in [0.25, 0.3) is 5.91 Å². The number of nitrogens with zero attached hydrogens (tertiary/aromatic N) is 3. The van der Waals surface area contributed by atoms with Gasteiger partial charge in [0.15, 0.2) is 5.78 Å². The van der Waals surface area contributed by atoms with Crippen molar-refractivity contribution in [3.05, 3.63) is 29.8 Å². The molecule has 3 aliphatic heterocycles. The van der Waals surface area contributed by atoms with Crippen molar-refractivity contribution in [3.8, 4) is 0 Å². The van der Waals surface area contributed by atoms with Gasteiger partial charge in [0.1, 0.15) is 30.4 Å². The molecule has 2 amide bonds. The molecular formula is C27H36N4O5. The van der Waals surface area contributed by atoms with Crippen LogP contribution in [0.15, 0.2) is 24.3 Å².